The van der Waals surface area contributed by atoms with Gasteiger partial charge in [0.2, 0.25) is 5.91 Å². The van der Waals surface area contributed by atoms with Crippen LogP contribution in [0.15, 0.2) is 66.7 Å². The fourth-order valence-electron chi connectivity index (χ4n) is 3.21. The predicted molar refractivity (Wildman–Crippen MR) is 109 cm³/mol. The summed E-state index contributed by atoms with van der Waals surface area (Å²) < 4.78 is 0. The summed E-state index contributed by atoms with van der Waals surface area (Å²) >= 11 is 0. The molecule has 0 unspecified atom stereocenters. The Bertz CT molecular complexity index is 898. The molecule has 1 amide bonds. The minimum Gasteiger partial charge on any atom is -0.341 e. The van der Waals surface area contributed by atoms with Crippen molar-refractivity contribution in [3.8, 4) is 0 Å². The smallest absolute Gasteiger partial charge is 0.227 e. The molecule has 0 radical (unpaired) electrons. The standard InChI is InChI=1S/C24H27NO/c1-24(2,3)21-14-12-18(13-15-21)16-23(26)25(4)17-20-10-7-9-19-8-5-6-11-22(19)20/h5-15H,16-17H2,1-4H3. The number of hydrogen-bond acceptors (Lipinski definition) is 1. The molecule has 0 aliphatic heterocycles. The molecule has 3 aromatic rings. The van der Waals surface area contributed by atoms with E-state index in [1.165, 1.54) is 21.9 Å². The first-order valence-electron chi connectivity index (χ1n) is 9.14. The maximum Gasteiger partial charge on any atom is 0.227 e. The molecule has 0 fully saturated rings. The molecule has 3 rings (SSSR count). The zero-order valence-electron chi connectivity index (χ0n) is 16.1. The third kappa shape index (κ3) is 4.13. The van der Waals surface area contributed by atoms with Gasteiger partial charge < -0.3 is 4.90 Å². The Morgan fingerprint density at radius 1 is 0.885 bits per heavy atom. The number of hydrogen-bond donors (Lipinski definition) is 0. The minimum absolute atomic E-state index is 0.133. The topological polar surface area (TPSA) is 20.3 Å². The zero-order valence-corrected chi connectivity index (χ0v) is 16.1. The first kappa shape index (κ1) is 18.2. The highest BCUT2D eigenvalue weighted by Crippen LogP contribution is 2.23. The molecular weight excluding hydrogens is 318 g/mol. The Morgan fingerprint density at radius 2 is 1.54 bits per heavy atom. The Hall–Kier alpha value is -2.61. The fraction of sp³-hybridized carbons (Fsp3) is 0.292. The van der Waals surface area contributed by atoms with Crippen molar-refractivity contribution in [3.05, 3.63) is 83.4 Å². The number of nitrogens with zero attached hydrogens (tertiary/aromatic N) is 1. The number of rotatable bonds is 4. The van der Waals surface area contributed by atoms with Crippen LogP contribution in [0, 0.1) is 0 Å². The van der Waals surface area contributed by atoms with Gasteiger partial charge in [-0.05, 0) is 32.9 Å². The zero-order chi connectivity index (χ0) is 18.7. The first-order chi connectivity index (χ1) is 12.3. The molecule has 2 heteroatoms. The average molecular weight is 345 g/mol. The van der Waals surface area contributed by atoms with Gasteiger partial charge >= 0.3 is 0 Å². The van der Waals surface area contributed by atoms with Crippen LogP contribution >= 0.6 is 0 Å². The highest BCUT2D eigenvalue weighted by Gasteiger charge is 2.15. The van der Waals surface area contributed by atoms with Gasteiger partial charge in [-0.3, -0.25) is 4.79 Å². The first-order valence-corrected chi connectivity index (χ1v) is 9.14. The molecule has 0 aromatic heterocycles. The number of amides is 1. The molecule has 0 aliphatic carbocycles. The van der Waals surface area contributed by atoms with Crippen molar-refractivity contribution in [1.29, 1.82) is 0 Å². The molecular formula is C24H27NO. The van der Waals surface area contributed by atoms with Crippen molar-refractivity contribution >= 4 is 16.7 Å². The van der Waals surface area contributed by atoms with Crippen LogP contribution in [0.3, 0.4) is 0 Å². The van der Waals surface area contributed by atoms with E-state index in [-0.39, 0.29) is 11.3 Å². The molecule has 2 nitrogen and oxygen atoms in total. The SMILES string of the molecule is CN(Cc1cccc2ccccc12)C(=O)Cc1ccc(C(C)(C)C)cc1. The lowest BCUT2D eigenvalue weighted by molar-refractivity contribution is -0.129. The second-order valence-corrected chi connectivity index (χ2v) is 8.01. The summed E-state index contributed by atoms with van der Waals surface area (Å²) in [5.74, 6) is 0.140. The van der Waals surface area contributed by atoms with E-state index in [0.29, 0.717) is 13.0 Å². The van der Waals surface area contributed by atoms with E-state index in [9.17, 15) is 4.79 Å². The molecule has 0 atom stereocenters. The Balaban J connectivity index is 1.70. The molecule has 0 bridgehead atoms. The van der Waals surface area contributed by atoms with Crippen molar-refractivity contribution in [2.75, 3.05) is 7.05 Å². The number of carbonyl (C=O) groups is 1. The third-order valence-corrected chi connectivity index (χ3v) is 4.89. The van der Waals surface area contributed by atoms with Gasteiger partial charge in [0, 0.05) is 13.6 Å². The van der Waals surface area contributed by atoms with Gasteiger partial charge in [0.1, 0.15) is 0 Å². The third-order valence-electron chi connectivity index (χ3n) is 4.89. The van der Waals surface area contributed by atoms with Gasteiger partial charge in [-0.25, -0.2) is 0 Å². The quantitative estimate of drug-likeness (QED) is 0.625. The van der Waals surface area contributed by atoms with Crippen LogP contribution in [-0.2, 0) is 23.2 Å². The summed E-state index contributed by atoms with van der Waals surface area (Å²) in [6.07, 6.45) is 0.436. The van der Waals surface area contributed by atoms with Crippen molar-refractivity contribution in [3.63, 3.8) is 0 Å². The van der Waals surface area contributed by atoms with Crippen LogP contribution in [0.2, 0.25) is 0 Å². The Morgan fingerprint density at radius 3 is 2.23 bits per heavy atom. The van der Waals surface area contributed by atoms with Crippen molar-refractivity contribution in [2.45, 2.75) is 39.2 Å². The molecule has 134 valence electrons. The Kier molecular flexibility index (Phi) is 5.13. The summed E-state index contributed by atoms with van der Waals surface area (Å²) in [4.78, 5) is 14.5. The summed E-state index contributed by atoms with van der Waals surface area (Å²) in [6, 6.07) is 23.0. The van der Waals surface area contributed by atoms with Gasteiger partial charge in [-0.1, -0.05) is 87.5 Å². The van der Waals surface area contributed by atoms with Gasteiger partial charge in [-0.15, -0.1) is 0 Å². The van der Waals surface area contributed by atoms with E-state index in [1.807, 2.05) is 24.1 Å². The van der Waals surface area contributed by atoms with Crippen LogP contribution < -0.4 is 0 Å². The molecule has 3 aromatic carbocycles. The molecule has 0 saturated heterocycles. The largest absolute Gasteiger partial charge is 0.341 e. The van der Waals surface area contributed by atoms with E-state index >= 15 is 0 Å². The summed E-state index contributed by atoms with van der Waals surface area (Å²) in [5.41, 5.74) is 3.67. The van der Waals surface area contributed by atoms with Crippen LogP contribution in [0.1, 0.15) is 37.5 Å². The highest BCUT2D eigenvalue weighted by atomic mass is 16.2. The van der Waals surface area contributed by atoms with Gasteiger partial charge in [0.25, 0.3) is 0 Å². The maximum absolute atomic E-state index is 12.7. The lowest BCUT2D eigenvalue weighted by atomic mass is 9.86. The molecule has 0 N–H and O–H groups in total. The molecule has 26 heavy (non-hydrogen) atoms. The van der Waals surface area contributed by atoms with Crippen LogP contribution in [0.25, 0.3) is 10.8 Å². The van der Waals surface area contributed by atoms with E-state index in [2.05, 4.69) is 75.4 Å². The Labute approximate surface area is 156 Å². The number of fused-ring (bicyclic) bond motifs is 1. The van der Waals surface area contributed by atoms with E-state index in [1.54, 1.807) is 0 Å². The van der Waals surface area contributed by atoms with Crippen LogP contribution in [0.5, 0.6) is 0 Å². The van der Waals surface area contributed by atoms with Gasteiger partial charge in [0.05, 0.1) is 6.42 Å². The number of likely N-dealkylation sites (N-methyl/N-ethyl adjacent to an activating group) is 1. The van der Waals surface area contributed by atoms with Gasteiger partial charge in [0.15, 0.2) is 0 Å². The van der Waals surface area contributed by atoms with Crippen molar-refractivity contribution in [2.24, 2.45) is 0 Å². The van der Waals surface area contributed by atoms with Crippen LogP contribution in [0.4, 0.5) is 0 Å². The highest BCUT2D eigenvalue weighted by molar-refractivity contribution is 5.86. The van der Waals surface area contributed by atoms with Gasteiger partial charge in [-0.2, -0.15) is 0 Å². The summed E-state index contributed by atoms with van der Waals surface area (Å²) in [7, 11) is 1.88. The second-order valence-electron chi connectivity index (χ2n) is 8.01. The minimum atomic E-state index is 0.133. The maximum atomic E-state index is 12.7. The second kappa shape index (κ2) is 7.33. The number of benzene rings is 3. The fourth-order valence-corrected chi connectivity index (χ4v) is 3.21. The molecule has 0 aliphatic rings. The van der Waals surface area contributed by atoms with Crippen molar-refractivity contribution < 1.29 is 4.79 Å². The molecule has 0 heterocycles. The monoisotopic (exact) mass is 345 g/mol. The molecule has 0 spiro atoms. The number of carbonyl (C=O) groups excluding carboxylic acids is 1. The summed E-state index contributed by atoms with van der Waals surface area (Å²) in [5, 5.41) is 2.42. The lowest BCUT2D eigenvalue weighted by Crippen LogP contribution is -2.27. The normalized spacial score (nSPS) is 11.5. The molecule has 0 saturated carbocycles. The average Bonchev–Trinajstić information content (AvgIpc) is 2.61. The summed E-state index contributed by atoms with van der Waals surface area (Å²) in [6.45, 7) is 7.22. The van der Waals surface area contributed by atoms with Crippen LogP contribution in [-0.4, -0.2) is 17.9 Å². The predicted octanol–water partition coefficient (Wildman–Crippen LogP) is 5.34. The van der Waals surface area contributed by atoms with E-state index in [4.69, 9.17) is 0 Å². The van der Waals surface area contributed by atoms with E-state index in [0.717, 1.165) is 5.56 Å². The lowest BCUT2D eigenvalue weighted by Gasteiger charge is -2.20. The van der Waals surface area contributed by atoms with Crippen molar-refractivity contribution in [1.82, 2.24) is 4.90 Å². The van der Waals surface area contributed by atoms with E-state index < -0.39 is 0 Å².